The van der Waals surface area contributed by atoms with E-state index in [1.807, 2.05) is 29.6 Å². The summed E-state index contributed by atoms with van der Waals surface area (Å²) in [4.78, 5) is 16.5. The SMILES string of the molecule is Cc1nnc([C@H]2CCCN2CC(=O)N2N=C(c3cccs3)C[C@@H]2c2ccco2)o1. The Hall–Kier alpha value is -2.78. The Morgan fingerprint density at radius 3 is 2.93 bits per heavy atom. The number of hydrazone groups is 1. The molecule has 3 aromatic rings. The van der Waals surface area contributed by atoms with Crippen LogP contribution in [0.2, 0.25) is 0 Å². The summed E-state index contributed by atoms with van der Waals surface area (Å²) in [5, 5.41) is 16.4. The lowest BCUT2D eigenvalue weighted by atomic mass is 10.1. The Bertz CT molecular complexity index is 1010. The van der Waals surface area contributed by atoms with Crippen molar-refractivity contribution in [3.05, 3.63) is 58.3 Å². The average Bonchev–Trinajstić information content (AvgIpc) is 3.51. The molecule has 2 aliphatic rings. The molecule has 1 saturated heterocycles. The van der Waals surface area contributed by atoms with Gasteiger partial charge in [0.05, 0.1) is 29.4 Å². The first-order valence-corrected chi connectivity index (χ1v) is 10.6. The molecule has 2 atom stereocenters. The highest BCUT2D eigenvalue weighted by atomic mass is 32.1. The van der Waals surface area contributed by atoms with E-state index >= 15 is 0 Å². The van der Waals surface area contributed by atoms with Gasteiger partial charge in [-0.25, -0.2) is 5.01 Å². The van der Waals surface area contributed by atoms with Crippen molar-refractivity contribution in [1.82, 2.24) is 20.1 Å². The Labute approximate surface area is 171 Å². The van der Waals surface area contributed by atoms with Gasteiger partial charge in [-0.3, -0.25) is 9.69 Å². The lowest BCUT2D eigenvalue weighted by Crippen LogP contribution is -2.38. The van der Waals surface area contributed by atoms with Crippen molar-refractivity contribution in [3.8, 4) is 0 Å². The highest BCUT2D eigenvalue weighted by molar-refractivity contribution is 7.12. The van der Waals surface area contributed by atoms with Gasteiger partial charge < -0.3 is 8.83 Å². The van der Waals surface area contributed by atoms with Crippen molar-refractivity contribution in [2.24, 2.45) is 5.10 Å². The summed E-state index contributed by atoms with van der Waals surface area (Å²) in [6.07, 6.45) is 4.17. The highest BCUT2D eigenvalue weighted by Gasteiger charge is 2.38. The van der Waals surface area contributed by atoms with Gasteiger partial charge in [0.25, 0.3) is 5.91 Å². The highest BCUT2D eigenvalue weighted by Crippen LogP contribution is 2.35. The predicted molar refractivity (Wildman–Crippen MR) is 106 cm³/mol. The second-order valence-electron chi connectivity index (χ2n) is 7.29. The van der Waals surface area contributed by atoms with E-state index in [0.29, 0.717) is 18.2 Å². The van der Waals surface area contributed by atoms with Gasteiger partial charge in [0.1, 0.15) is 11.8 Å². The van der Waals surface area contributed by atoms with Crippen molar-refractivity contribution in [2.45, 2.75) is 38.3 Å². The Kier molecular flexibility index (Phi) is 4.76. The molecule has 0 spiro atoms. The van der Waals surface area contributed by atoms with Crippen LogP contribution < -0.4 is 0 Å². The van der Waals surface area contributed by atoms with E-state index in [1.54, 1.807) is 29.5 Å². The fraction of sp³-hybridized carbons (Fsp3) is 0.400. The summed E-state index contributed by atoms with van der Waals surface area (Å²) in [6.45, 7) is 2.85. The molecule has 0 N–H and O–H groups in total. The number of hydrogen-bond donors (Lipinski definition) is 0. The molecule has 29 heavy (non-hydrogen) atoms. The van der Waals surface area contributed by atoms with Gasteiger partial charge in [-0.15, -0.1) is 21.5 Å². The topological polar surface area (TPSA) is 88.0 Å². The zero-order valence-corrected chi connectivity index (χ0v) is 16.8. The molecule has 8 nitrogen and oxygen atoms in total. The maximum absolute atomic E-state index is 13.3. The van der Waals surface area contributed by atoms with E-state index in [9.17, 15) is 4.79 Å². The molecule has 0 radical (unpaired) electrons. The maximum atomic E-state index is 13.3. The minimum Gasteiger partial charge on any atom is -0.467 e. The van der Waals surface area contributed by atoms with Crippen LogP contribution in [-0.2, 0) is 4.79 Å². The van der Waals surface area contributed by atoms with Gasteiger partial charge in [0.15, 0.2) is 0 Å². The summed E-state index contributed by atoms with van der Waals surface area (Å²) in [7, 11) is 0. The lowest BCUT2D eigenvalue weighted by Gasteiger charge is -2.25. The van der Waals surface area contributed by atoms with E-state index in [-0.39, 0.29) is 24.5 Å². The van der Waals surface area contributed by atoms with Crippen LogP contribution in [0.25, 0.3) is 0 Å². The maximum Gasteiger partial charge on any atom is 0.257 e. The van der Waals surface area contributed by atoms with Gasteiger partial charge in [0.2, 0.25) is 11.8 Å². The number of amides is 1. The Morgan fingerprint density at radius 1 is 1.28 bits per heavy atom. The number of furan rings is 1. The van der Waals surface area contributed by atoms with E-state index < -0.39 is 0 Å². The third-order valence-electron chi connectivity index (χ3n) is 5.37. The lowest BCUT2D eigenvalue weighted by molar-refractivity contribution is -0.134. The molecule has 3 aromatic heterocycles. The van der Waals surface area contributed by atoms with Crippen molar-refractivity contribution >= 4 is 23.0 Å². The molecule has 9 heteroatoms. The number of hydrogen-bond acceptors (Lipinski definition) is 8. The predicted octanol–water partition coefficient (Wildman–Crippen LogP) is 3.55. The molecule has 0 bridgehead atoms. The van der Waals surface area contributed by atoms with Gasteiger partial charge in [-0.1, -0.05) is 6.07 Å². The van der Waals surface area contributed by atoms with E-state index in [4.69, 9.17) is 8.83 Å². The molecule has 150 valence electrons. The van der Waals surface area contributed by atoms with Crippen LogP contribution in [0.3, 0.4) is 0 Å². The van der Waals surface area contributed by atoms with Gasteiger partial charge >= 0.3 is 0 Å². The van der Waals surface area contributed by atoms with Crippen LogP contribution in [0.1, 0.15) is 53.8 Å². The summed E-state index contributed by atoms with van der Waals surface area (Å²) < 4.78 is 11.2. The van der Waals surface area contributed by atoms with Crippen molar-refractivity contribution < 1.29 is 13.6 Å². The second-order valence-corrected chi connectivity index (χ2v) is 8.23. The number of likely N-dealkylation sites (tertiary alicyclic amines) is 1. The third-order valence-corrected chi connectivity index (χ3v) is 6.29. The summed E-state index contributed by atoms with van der Waals surface area (Å²) in [6, 6.07) is 7.53. The summed E-state index contributed by atoms with van der Waals surface area (Å²) in [5.41, 5.74) is 0.917. The van der Waals surface area contributed by atoms with E-state index in [0.717, 1.165) is 35.7 Å². The van der Waals surface area contributed by atoms with Crippen LogP contribution in [0.15, 0.2) is 49.8 Å². The number of thiophene rings is 1. The van der Waals surface area contributed by atoms with Crippen LogP contribution in [0.5, 0.6) is 0 Å². The normalized spacial score (nSPS) is 22.4. The molecule has 5 rings (SSSR count). The van der Waals surface area contributed by atoms with Crippen molar-refractivity contribution in [1.29, 1.82) is 0 Å². The number of nitrogens with zero attached hydrogens (tertiary/aromatic N) is 5. The molecule has 1 fully saturated rings. The molecule has 5 heterocycles. The monoisotopic (exact) mass is 411 g/mol. The molecule has 0 saturated carbocycles. The number of rotatable bonds is 5. The molecule has 0 aliphatic carbocycles. The van der Waals surface area contributed by atoms with Crippen LogP contribution >= 0.6 is 11.3 Å². The zero-order chi connectivity index (χ0) is 19.8. The fourth-order valence-corrected chi connectivity index (χ4v) is 4.74. The van der Waals surface area contributed by atoms with Gasteiger partial charge in [-0.2, -0.15) is 5.10 Å². The zero-order valence-electron chi connectivity index (χ0n) is 16.0. The summed E-state index contributed by atoms with van der Waals surface area (Å²) >= 11 is 1.63. The van der Waals surface area contributed by atoms with Crippen molar-refractivity contribution in [3.63, 3.8) is 0 Å². The Balaban J connectivity index is 1.37. The Morgan fingerprint density at radius 2 is 2.21 bits per heavy atom. The molecule has 1 amide bonds. The number of aryl methyl sites for hydroxylation is 1. The third kappa shape index (κ3) is 3.51. The van der Waals surface area contributed by atoms with Crippen LogP contribution in [0.4, 0.5) is 0 Å². The quantitative estimate of drug-likeness (QED) is 0.638. The molecular formula is C20H21N5O3S. The van der Waals surface area contributed by atoms with Gasteiger partial charge in [0, 0.05) is 13.3 Å². The smallest absolute Gasteiger partial charge is 0.257 e. The van der Waals surface area contributed by atoms with Crippen molar-refractivity contribution in [2.75, 3.05) is 13.1 Å². The van der Waals surface area contributed by atoms with E-state index in [2.05, 4.69) is 20.2 Å². The molecule has 0 unspecified atom stereocenters. The number of aromatic nitrogens is 2. The standard InChI is InChI=1S/C20H21N5O3S/c1-13-21-22-20(28-13)15-5-2-8-24(15)12-19(26)25-16(17-6-3-9-27-17)11-14(23-25)18-7-4-10-29-18/h3-4,6-7,9-10,15-16H,2,5,8,11-12H2,1H3/t15-,16-/m1/s1. The first-order chi connectivity index (χ1) is 14.2. The van der Waals surface area contributed by atoms with E-state index in [1.165, 1.54) is 0 Å². The fourth-order valence-electron chi connectivity index (χ4n) is 4.02. The molecule has 2 aliphatic heterocycles. The van der Waals surface area contributed by atoms with Crippen LogP contribution in [0, 0.1) is 6.92 Å². The second kappa shape index (κ2) is 7.57. The van der Waals surface area contributed by atoms with Crippen LogP contribution in [-0.4, -0.2) is 44.8 Å². The molecular weight excluding hydrogens is 390 g/mol. The summed E-state index contributed by atoms with van der Waals surface area (Å²) in [5.74, 6) is 1.82. The molecule has 0 aromatic carbocycles. The number of carbonyl (C=O) groups excluding carboxylic acids is 1. The largest absolute Gasteiger partial charge is 0.467 e. The first-order valence-electron chi connectivity index (χ1n) is 9.70. The first kappa shape index (κ1) is 18.3. The minimum atomic E-state index is -0.221. The average molecular weight is 411 g/mol. The minimum absolute atomic E-state index is 0.0226. The number of carbonyl (C=O) groups is 1. The van der Waals surface area contributed by atoms with Gasteiger partial charge in [-0.05, 0) is 43.0 Å².